The number of rotatable bonds is 4. The summed E-state index contributed by atoms with van der Waals surface area (Å²) in [5.74, 6) is 0. The average molecular weight is 217 g/mol. The molecule has 1 aliphatic carbocycles. The van der Waals surface area contributed by atoms with Gasteiger partial charge < -0.3 is 10.8 Å². The van der Waals surface area contributed by atoms with Crippen LogP contribution in [-0.4, -0.2) is 11.7 Å². The Balaban J connectivity index is 2.23. The van der Waals surface area contributed by atoms with Gasteiger partial charge in [0.25, 0.3) is 0 Å². The Bertz CT molecular complexity index is 376. The highest BCUT2D eigenvalue weighted by Crippen LogP contribution is 2.46. The normalized spacial score (nSPS) is 17.8. The Labute approximate surface area is 96.8 Å². The highest BCUT2D eigenvalue weighted by molar-refractivity contribution is 5.60. The molecule has 2 nitrogen and oxygen atoms in total. The van der Waals surface area contributed by atoms with E-state index in [9.17, 15) is 0 Å². The van der Waals surface area contributed by atoms with Crippen LogP contribution in [0.5, 0.6) is 0 Å². The second-order valence-electron chi connectivity index (χ2n) is 4.71. The fraction of sp³-hybridized carbons (Fsp3) is 0.429. The minimum Gasteiger partial charge on any atom is -0.399 e. The van der Waals surface area contributed by atoms with Crippen molar-refractivity contribution in [3.63, 3.8) is 0 Å². The van der Waals surface area contributed by atoms with Gasteiger partial charge in [-0.3, -0.25) is 0 Å². The molecular weight excluding hydrogens is 198 g/mol. The van der Waals surface area contributed by atoms with Crippen molar-refractivity contribution >= 4 is 5.70 Å². The van der Waals surface area contributed by atoms with E-state index in [1.54, 1.807) is 0 Å². The van der Waals surface area contributed by atoms with Crippen molar-refractivity contribution in [2.75, 3.05) is 6.61 Å². The van der Waals surface area contributed by atoms with E-state index in [4.69, 9.17) is 10.8 Å². The fourth-order valence-electron chi connectivity index (χ4n) is 2.54. The van der Waals surface area contributed by atoms with Gasteiger partial charge in [-0.05, 0) is 35.8 Å². The van der Waals surface area contributed by atoms with E-state index in [2.05, 4.69) is 18.7 Å². The first-order valence-corrected chi connectivity index (χ1v) is 5.84. The van der Waals surface area contributed by atoms with Gasteiger partial charge in [0.05, 0.1) is 0 Å². The highest BCUT2D eigenvalue weighted by atomic mass is 16.3. The maximum absolute atomic E-state index is 9.14. The molecular formula is C14H19NO. The molecule has 0 bridgehead atoms. The minimum absolute atomic E-state index is 0.225. The van der Waals surface area contributed by atoms with E-state index in [0.29, 0.717) is 5.70 Å². The van der Waals surface area contributed by atoms with Gasteiger partial charge in [-0.2, -0.15) is 0 Å². The lowest BCUT2D eigenvalue weighted by molar-refractivity contribution is 0.167. The summed E-state index contributed by atoms with van der Waals surface area (Å²) in [7, 11) is 0. The van der Waals surface area contributed by atoms with Gasteiger partial charge in [0.2, 0.25) is 0 Å². The van der Waals surface area contributed by atoms with Crippen LogP contribution >= 0.6 is 0 Å². The molecule has 2 rings (SSSR count). The van der Waals surface area contributed by atoms with Gasteiger partial charge in [-0.1, -0.05) is 37.3 Å². The Morgan fingerprint density at radius 1 is 1.31 bits per heavy atom. The van der Waals surface area contributed by atoms with Gasteiger partial charge in [0.15, 0.2) is 0 Å². The molecule has 0 atom stereocenters. The molecule has 1 saturated carbocycles. The third-order valence-electron chi connectivity index (χ3n) is 3.77. The van der Waals surface area contributed by atoms with Gasteiger partial charge in [-0.15, -0.1) is 0 Å². The maximum atomic E-state index is 9.14. The van der Waals surface area contributed by atoms with Crippen molar-refractivity contribution in [3.8, 4) is 0 Å². The molecule has 0 spiro atoms. The van der Waals surface area contributed by atoms with Crippen molar-refractivity contribution in [2.24, 2.45) is 5.73 Å². The zero-order chi connectivity index (χ0) is 11.6. The fourth-order valence-corrected chi connectivity index (χ4v) is 2.54. The van der Waals surface area contributed by atoms with Crippen LogP contribution in [0.4, 0.5) is 0 Å². The van der Waals surface area contributed by atoms with E-state index < -0.39 is 0 Å². The Hall–Kier alpha value is -1.28. The first-order chi connectivity index (χ1) is 7.68. The van der Waals surface area contributed by atoms with Crippen molar-refractivity contribution in [2.45, 2.75) is 31.1 Å². The first-order valence-electron chi connectivity index (χ1n) is 5.84. The summed E-state index contributed by atoms with van der Waals surface area (Å²) in [6.07, 6.45) is 4.52. The van der Waals surface area contributed by atoms with E-state index in [0.717, 1.165) is 12.0 Å². The predicted octanol–water partition coefficient (Wildman–Crippen LogP) is 2.42. The quantitative estimate of drug-likeness (QED) is 0.813. The van der Waals surface area contributed by atoms with Crippen molar-refractivity contribution in [3.05, 3.63) is 42.0 Å². The second-order valence-corrected chi connectivity index (χ2v) is 4.71. The van der Waals surface area contributed by atoms with E-state index in [1.807, 2.05) is 12.1 Å². The summed E-state index contributed by atoms with van der Waals surface area (Å²) in [6, 6.07) is 8.30. The first kappa shape index (κ1) is 11.2. The third-order valence-corrected chi connectivity index (χ3v) is 3.77. The molecule has 0 saturated heterocycles. The lowest BCUT2D eigenvalue weighted by Gasteiger charge is -2.42. The molecule has 0 heterocycles. The molecule has 0 unspecified atom stereocenters. The Morgan fingerprint density at radius 2 is 1.94 bits per heavy atom. The van der Waals surface area contributed by atoms with Crippen LogP contribution in [0.2, 0.25) is 0 Å². The average Bonchev–Trinajstić information content (AvgIpc) is 2.23. The van der Waals surface area contributed by atoms with Crippen LogP contribution in [-0.2, 0) is 5.41 Å². The zero-order valence-corrected chi connectivity index (χ0v) is 9.58. The predicted molar refractivity (Wildman–Crippen MR) is 66.9 cm³/mol. The molecule has 1 aromatic rings. The smallest absolute Gasteiger partial charge is 0.0439 e. The van der Waals surface area contributed by atoms with Crippen molar-refractivity contribution < 1.29 is 5.11 Å². The molecule has 0 amide bonds. The van der Waals surface area contributed by atoms with Crippen LogP contribution in [0.25, 0.3) is 5.70 Å². The van der Waals surface area contributed by atoms with E-state index >= 15 is 0 Å². The molecule has 86 valence electrons. The molecule has 3 N–H and O–H groups in total. The van der Waals surface area contributed by atoms with Crippen molar-refractivity contribution in [1.29, 1.82) is 0 Å². The summed E-state index contributed by atoms with van der Waals surface area (Å²) in [5, 5.41) is 9.14. The van der Waals surface area contributed by atoms with E-state index in [1.165, 1.54) is 24.8 Å². The van der Waals surface area contributed by atoms with Crippen LogP contribution < -0.4 is 5.73 Å². The molecule has 2 heteroatoms. The number of hydrogen-bond donors (Lipinski definition) is 2. The minimum atomic E-state index is 0.225. The number of aliphatic hydroxyl groups is 1. The molecule has 1 fully saturated rings. The summed E-state index contributed by atoms with van der Waals surface area (Å²) in [6.45, 7) is 3.99. The molecule has 1 aliphatic rings. The lowest BCUT2D eigenvalue weighted by atomic mass is 9.62. The van der Waals surface area contributed by atoms with Gasteiger partial charge >= 0.3 is 0 Å². The Kier molecular flexibility index (Phi) is 3.01. The van der Waals surface area contributed by atoms with Crippen LogP contribution in [0, 0.1) is 0 Å². The summed E-state index contributed by atoms with van der Waals surface area (Å²) in [5.41, 5.74) is 8.80. The van der Waals surface area contributed by atoms with Crippen LogP contribution in [0.1, 0.15) is 36.8 Å². The highest BCUT2D eigenvalue weighted by Gasteiger charge is 2.37. The van der Waals surface area contributed by atoms with E-state index in [-0.39, 0.29) is 12.0 Å². The van der Waals surface area contributed by atoms with Gasteiger partial charge in [0, 0.05) is 12.3 Å². The monoisotopic (exact) mass is 217 g/mol. The molecule has 1 aromatic carbocycles. The standard InChI is InChI=1S/C14H19NO/c1-11(15)12-3-5-13(6-4-12)14(9-10-16)7-2-8-14/h3-6,16H,1-2,7-10,15H2. The molecule has 0 radical (unpaired) electrons. The van der Waals surface area contributed by atoms with Gasteiger partial charge in [-0.25, -0.2) is 0 Å². The summed E-state index contributed by atoms with van der Waals surface area (Å²) >= 11 is 0. The number of aliphatic hydroxyl groups excluding tert-OH is 1. The summed E-state index contributed by atoms with van der Waals surface area (Å²) < 4.78 is 0. The third kappa shape index (κ3) is 1.85. The van der Waals surface area contributed by atoms with Crippen LogP contribution in [0.3, 0.4) is 0 Å². The largest absolute Gasteiger partial charge is 0.399 e. The molecule has 0 aliphatic heterocycles. The van der Waals surface area contributed by atoms with Gasteiger partial charge in [0.1, 0.15) is 0 Å². The Morgan fingerprint density at radius 3 is 2.31 bits per heavy atom. The molecule has 16 heavy (non-hydrogen) atoms. The van der Waals surface area contributed by atoms with Crippen LogP contribution in [0.15, 0.2) is 30.8 Å². The SMILES string of the molecule is C=C(N)c1ccc(C2(CCO)CCC2)cc1. The number of benzene rings is 1. The topological polar surface area (TPSA) is 46.2 Å². The maximum Gasteiger partial charge on any atom is 0.0439 e. The summed E-state index contributed by atoms with van der Waals surface area (Å²) in [4.78, 5) is 0. The number of hydrogen-bond acceptors (Lipinski definition) is 2. The van der Waals surface area contributed by atoms with Crippen molar-refractivity contribution in [1.82, 2.24) is 0 Å². The molecule has 0 aromatic heterocycles. The second kappa shape index (κ2) is 4.30. The lowest BCUT2D eigenvalue weighted by Crippen LogP contribution is -2.35. The number of nitrogens with two attached hydrogens (primary N) is 1. The zero-order valence-electron chi connectivity index (χ0n) is 9.58.